The SMILES string of the molecule is CCCN(CCC)CCCNC(=NC)NC1CCN(C(C)C)CC1.I. The third kappa shape index (κ3) is 10.6. The van der Waals surface area contributed by atoms with Crippen LogP contribution in [0.15, 0.2) is 4.99 Å². The van der Waals surface area contributed by atoms with Gasteiger partial charge in [-0.3, -0.25) is 4.99 Å². The summed E-state index contributed by atoms with van der Waals surface area (Å²) in [5, 5.41) is 7.09. The quantitative estimate of drug-likeness (QED) is 0.224. The van der Waals surface area contributed by atoms with E-state index < -0.39 is 0 Å². The van der Waals surface area contributed by atoms with E-state index in [2.05, 4.69) is 53.1 Å². The van der Waals surface area contributed by atoms with Gasteiger partial charge >= 0.3 is 0 Å². The van der Waals surface area contributed by atoms with Gasteiger partial charge in [0.1, 0.15) is 0 Å². The highest BCUT2D eigenvalue weighted by Crippen LogP contribution is 2.12. The first-order valence-electron chi connectivity index (χ1n) is 10.0. The summed E-state index contributed by atoms with van der Waals surface area (Å²) in [7, 11) is 1.87. The standard InChI is InChI=1S/C19H41N5.HI/c1-6-12-23(13-7-2)14-8-11-21-19(20-5)22-18-9-15-24(16-10-18)17(3)4;/h17-18H,6-16H2,1-5H3,(H2,20,21,22);1H. The highest BCUT2D eigenvalue weighted by Gasteiger charge is 2.21. The molecule has 0 aliphatic carbocycles. The van der Waals surface area contributed by atoms with Crippen molar-refractivity contribution in [3.05, 3.63) is 0 Å². The Kier molecular flexibility index (Phi) is 15.0. The molecule has 0 aromatic rings. The molecular weight excluding hydrogens is 425 g/mol. The van der Waals surface area contributed by atoms with Crippen LogP contribution in [0.4, 0.5) is 0 Å². The molecule has 0 atom stereocenters. The van der Waals surface area contributed by atoms with Crippen molar-refractivity contribution in [2.24, 2.45) is 4.99 Å². The van der Waals surface area contributed by atoms with Crippen LogP contribution in [0.5, 0.6) is 0 Å². The van der Waals surface area contributed by atoms with E-state index in [0.717, 1.165) is 12.5 Å². The topological polar surface area (TPSA) is 42.9 Å². The zero-order valence-electron chi connectivity index (χ0n) is 17.2. The first-order valence-corrected chi connectivity index (χ1v) is 10.0. The van der Waals surface area contributed by atoms with Crippen molar-refractivity contribution in [2.75, 3.05) is 46.3 Å². The zero-order chi connectivity index (χ0) is 17.8. The number of hydrogen-bond acceptors (Lipinski definition) is 3. The lowest BCUT2D eigenvalue weighted by Crippen LogP contribution is -2.50. The summed E-state index contributed by atoms with van der Waals surface area (Å²) in [5.41, 5.74) is 0. The number of rotatable bonds is 10. The van der Waals surface area contributed by atoms with Crippen LogP contribution in [0.1, 0.15) is 59.8 Å². The van der Waals surface area contributed by atoms with Crippen molar-refractivity contribution in [1.29, 1.82) is 0 Å². The molecular formula is C19H42IN5. The highest BCUT2D eigenvalue weighted by atomic mass is 127. The second-order valence-corrected chi connectivity index (χ2v) is 7.24. The monoisotopic (exact) mass is 467 g/mol. The Morgan fingerprint density at radius 1 is 1.12 bits per heavy atom. The van der Waals surface area contributed by atoms with E-state index in [0.29, 0.717) is 12.1 Å². The van der Waals surface area contributed by atoms with Gasteiger partial charge in [-0.25, -0.2) is 0 Å². The molecule has 0 aromatic carbocycles. The second kappa shape index (κ2) is 15.0. The van der Waals surface area contributed by atoms with Crippen molar-refractivity contribution < 1.29 is 0 Å². The fourth-order valence-corrected chi connectivity index (χ4v) is 3.43. The molecule has 0 unspecified atom stereocenters. The molecule has 0 amide bonds. The van der Waals surface area contributed by atoms with Gasteiger partial charge in [0.2, 0.25) is 0 Å². The molecule has 1 aliphatic rings. The predicted octanol–water partition coefficient (Wildman–Crippen LogP) is 3.15. The van der Waals surface area contributed by atoms with Crippen LogP contribution in [-0.2, 0) is 0 Å². The number of likely N-dealkylation sites (tertiary alicyclic amines) is 1. The van der Waals surface area contributed by atoms with Crippen LogP contribution < -0.4 is 10.6 Å². The average Bonchev–Trinajstić information content (AvgIpc) is 2.58. The van der Waals surface area contributed by atoms with Gasteiger partial charge in [-0.15, -0.1) is 24.0 Å². The second-order valence-electron chi connectivity index (χ2n) is 7.24. The fraction of sp³-hybridized carbons (Fsp3) is 0.947. The van der Waals surface area contributed by atoms with E-state index >= 15 is 0 Å². The average molecular weight is 467 g/mol. The van der Waals surface area contributed by atoms with E-state index in [1.165, 1.54) is 64.8 Å². The maximum atomic E-state index is 4.39. The molecule has 25 heavy (non-hydrogen) atoms. The minimum atomic E-state index is 0. The first-order chi connectivity index (χ1) is 11.6. The number of nitrogens with one attached hydrogen (secondary N) is 2. The van der Waals surface area contributed by atoms with Crippen LogP contribution in [0.25, 0.3) is 0 Å². The number of nitrogens with zero attached hydrogens (tertiary/aromatic N) is 3. The normalized spacial score (nSPS) is 17.0. The summed E-state index contributed by atoms with van der Waals surface area (Å²) in [6.07, 6.45) is 6.07. The Morgan fingerprint density at radius 3 is 2.20 bits per heavy atom. The molecule has 0 spiro atoms. The van der Waals surface area contributed by atoms with Gasteiger partial charge in [-0.2, -0.15) is 0 Å². The smallest absolute Gasteiger partial charge is 0.191 e. The molecule has 1 heterocycles. The molecule has 2 N–H and O–H groups in total. The predicted molar refractivity (Wildman–Crippen MR) is 121 cm³/mol. The summed E-state index contributed by atoms with van der Waals surface area (Å²) in [6, 6.07) is 1.22. The molecule has 5 nitrogen and oxygen atoms in total. The molecule has 0 bridgehead atoms. The van der Waals surface area contributed by atoms with Crippen LogP contribution in [0.3, 0.4) is 0 Å². The Hall–Kier alpha value is -0.0800. The Labute approximate surface area is 173 Å². The minimum Gasteiger partial charge on any atom is -0.356 e. The molecule has 0 radical (unpaired) electrons. The molecule has 1 rings (SSSR count). The zero-order valence-corrected chi connectivity index (χ0v) is 19.5. The maximum Gasteiger partial charge on any atom is 0.191 e. The number of hydrogen-bond donors (Lipinski definition) is 2. The largest absolute Gasteiger partial charge is 0.356 e. The van der Waals surface area contributed by atoms with Gasteiger partial charge in [-0.1, -0.05) is 13.8 Å². The molecule has 6 heteroatoms. The number of aliphatic imine (C=N–C) groups is 1. The van der Waals surface area contributed by atoms with E-state index in [-0.39, 0.29) is 24.0 Å². The van der Waals surface area contributed by atoms with E-state index in [9.17, 15) is 0 Å². The summed E-state index contributed by atoms with van der Waals surface area (Å²) < 4.78 is 0. The molecule has 1 aliphatic heterocycles. The van der Waals surface area contributed by atoms with Gasteiger partial charge in [0.15, 0.2) is 5.96 Å². The third-order valence-electron chi connectivity index (χ3n) is 4.85. The van der Waals surface area contributed by atoms with Crippen molar-refractivity contribution in [3.63, 3.8) is 0 Å². The molecule has 0 aromatic heterocycles. The Morgan fingerprint density at radius 2 is 1.72 bits per heavy atom. The van der Waals surface area contributed by atoms with Crippen LogP contribution >= 0.6 is 24.0 Å². The summed E-state index contributed by atoms with van der Waals surface area (Å²) in [4.78, 5) is 9.52. The van der Waals surface area contributed by atoms with Crippen LogP contribution in [0, 0.1) is 0 Å². The lowest BCUT2D eigenvalue weighted by molar-refractivity contribution is 0.167. The van der Waals surface area contributed by atoms with E-state index in [1.54, 1.807) is 0 Å². The Balaban J connectivity index is 0.00000576. The van der Waals surface area contributed by atoms with Gasteiger partial charge in [0.25, 0.3) is 0 Å². The lowest BCUT2D eigenvalue weighted by atomic mass is 10.0. The van der Waals surface area contributed by atoms with Crippen molar-refractivity contribution in [1.82, 2.24) is 20.4 Å². The maximum absolute atomic E-state index is 4.39. The number of guanidine groups is 1. The lowest BCUT2D eigenvalue weighted by Gasteiger charge is -2.35. The Bertz CT molecular complexity index is 335. The summed E-state index contributed by atoms with van der Waals surface area (Å²) in [5.74, 6) is 0.968. The summed E-state index contributed by atoms with van der Waals surface area (Å²) >= 11 is 0. The first kappa shape index (κ1) is 24.9. The molecule has 150 valence electrons. The van der Waals surface area contributed by atoms with Crippen LogP contribution in [-0.4, -0.2) is 74.2 Å². The van der Waals surface area contributed by atoms with Crippen molar-refractivity contribution in [3.8, 4) is 0 Å². The number of piperidine rings is 1. The van der Waals surface area contributed by atoms with Gasteiger partial charge in [0.05, 0.1) is 0 Å². The number of halogens is 1. The third-order valence-corrected chi connectivity index (χ3v) is 4.85. The van der Waals surface area contributed by atoms with Crippen molar-refractivity contribution >= 4 is 29.9 Å². The summed E-state index contributed by atoms with van der Waals surface area (Å²) in [6.45, 7) is 16.1. The van der Waals surface area contributed by atoms with Gasteiger partial charge < -0.3 is 20.4 Å². The molecule has 1 saturated heterocycles. The highest BCUT2D eigenvalue weighted by molar-refractivity contribution is 14.0. The van der Waals surface area contributed by atoms with Gasteiger partial charge in [-0.05, 0) is 65.6 Å². The van der Waals surface area contributed by atoms with E-state index in [4.69, 9.17) is 0 Å². The van der Waals surface area contributed by atoms with Gasteiger partial charge in [0, 0.05) is 38.8 Å². The van der Waals surface area contributed by atoms with Crippen molar-refractivity contribution in [2.45, 2.75) is 71.9 Å². The van der Waals surface area contributed by atoms with E-state index in [1.807, 2.05) is 7.05 Å². The fourth-order valence-electron chi connectivity index (χ4n) is 3.43. The van der Waals surface area contributed by atoms with Crippen LogP contribution in [0.2, 0.25) is 0 Å². The molecule has 0 saturated carbocycles. The minimum absolute atomic E-state index is 0. The molecule has 1 fully saturated rings.